The van der Waals surface area contributed by atoms with E-state index < -0.39 is 5.97 Å². The number of hydrogen-bond donors (Lipinski definition) is 1. The number of aromatic nitrogens is 1. The second-order valence-electron chi connectivity index (χ2n) is 5.26. The normalized spacial score (nSPS) is 11.5. The molecule has 120 valence electrons. The highest BCUT2D eigenvalue weighted by atomic mass is 16.5. The molecule has 4 nitrogen and oxygen atoms in total. The van der Waals surface area contributed by atoms with Gasteiger partial charge in [-0.15, -0.1) is 0 Å². The Morgan fingerprint density at radius 3 is 2.50 bits per heavy atom. The third-order valence-electron chi connectivity index (χ3n) is 3.70. The molecule has 24 heavy (non-hydrogen) atoms. The number of fused-ring (bicyclic) bond motifs is 1. The molecule has 3 aromatic rings. The first-order chi connectivity index (χ1) is 11.7. The van der Waals surface area contributed by atoms with Gasteiger partial charge in [0, 0.05) is 28.2 Å². The van der Waals surface area contributed by atoms with Crippen molar-refractivity contribution in [2.45, 2.75) is 6.92 Å². The summed E-state index contributed by atoms with van der Waals surface area (Å²) in [7, 11) is 0. The van der Waals surface area contributed by atoms with Crippen LogP contribution >= 0.6 is 0 Å². The number of hydrogen-bond acceptors (Lipinski definition) is 3. The zero-order valence-corrected chi connectivity index (χ0v) is 13.3. The van der Waals surface area contributed by atoms with Gasteiger partial charge in [-0.2, -0.15) is 0 Å². The summed E-state index contributed by atoms with van der Waals surface area (Å²) in [6.07, 6.45) is 3.37. The second-order valence-corrected chi connectivity index (χ2v) is 5.26. The Kier molecular flexibility index (Phi) is 4.57. The lowest BCUT2D eigenvalue weighted by Crippen LogP contribution is -2.16. The molecule has 0 atom stereocenters. The van der Waals surface area contributed by atoms with Gasteiger partial charge in [0.1, 0.15) is 5.57 Å². The van der Waals surface area contributed by atoms with E-state index in [1.807, 2.05) is 30.3 Å². The lowest BCUT2D eigenvalue weighted by atomic mass is 10.0. The number of carbonyl (C=O) groups excluding carboxylic acids is 2. The number of para-hydroxylation sites is 1. The molecule has 0 bridgehead atoms. The van der Waals surface area contributed by atoms with Crippen molar-refractivity contribution in [3.63, 3.8) is 0 Å². The van der Waals surface area contributed by atoms with E-state index in [0.29, 0.717) is 5.56 Å². The number of Topliss-reactive ketones (excluding diaryl/α,β-unsaturated/α-hetero) is 1. The Morgan fingerprint density at radius 1 is 1.04 bits per heavy atom. The zero-order chi connectivity index (χ0) is 16.9. The van der Waals surface area contributed by atoms with Crippen LogP contribution in [0, 0.1) is 0 Å². The highest BCUT2D eigenvalue weighted by molar-refractivity contribution is 6.27. The Bertz CT molecular complexity index is 907. The number of H-pyrrole nitrogens is 1. The Balaban J connectivity index is 2.07. The number of esters is 1. The fourth-order valence-electron chi connectivity index (χ4n) is 2.54. The maximum Gasteiger partial charge on any atom is 0.342 e. The van der Waals surface area contributed by atoms with Crippen LogP contribution in [0.4, 0.5) is 0 Å². The van der Waals surface area contributed by atoms with Gasteiger partial charge in [0.05, 0.1) is 6.61 Å². The van der Waals surface area contributed by atoms with Crippen LogP contribution in [0.5, 0.6) is 0 Å². The summed E-state index contributed by atoms with van der Waals surface area (Å²) >= 11 is 0. The molecule has 1 N–H and O–H groups in total. The number of carbonyl (C=O) groups is 2. The van der Waals surface area contributed by atoms with Gasteiger partial charge < -0.3 is 9.72 Å². The zero-order valence-electron chi connectivity index (χ0n) is 13.3. The van der Waals surface area contributed by atoms with Crippen molar-refractivity contribution in [3.8, 4) is 0 Å². The summed E-state index contributed by atoms with van der Waals surface area (Å²) in [5.74, 6) is -0.962. The maximum absolute atomic E-state index is 12.7. The quantitative estimate of drug-likeness (QED) is 0.254. The van der Waals surface area contributed by atoms with Crippen molar-refractivity contribution < 1.29 is 14.3 Å². The number of ether oxygens (including phenoxy) is 1. The van der Waals surface area contributed by atoms with E-state index in [1.165, 1.54) is 0 Å². The van der Waals surface area contributed by atoms with E-state index in [9.17, 15) is 9.59 Å². The third-order valence-corrected chi connectivity index (χ3v) is 3.70. The summed E-state index contributed by atoms with van der Waals surface area (Å²) in [5.41, 5.74) is 2.20. The SMILES string of the molecule is CCOC(=O)/C(=C/c1c[nH]c2ccccc12)C(=O)c1ccccc1. The van der Waals surface area contributed by atoms with Crippen LogP contribution in [0.15, 0.2) is 66.4 Å². The van der Waals surface area contributed by atoms with Gasteiger partial charge in [-0.25, -0.2) is 4.79 Å². The predicted molar refractivity (Wildman–Crippen MR) is 93.7 cm³/mol. The van der Waals surface area contributed by atoms with Crippen LogP contribution in [0.2, 0.25) is 0 Å². The number of ketones is 1. The Hall–Kier alpha value is -3.14. The highest BCUT2D eigenvalue weighted by Gasteiger charge is 2.21. The van der Waals surface area contributed by atoms with Gasteiger partial charge in [-0.05, 0) is 19.1 Å². The molecule has 4 heteroatoms. The minimum Gasteiger partial charge on any atom is -0.462 e. The first kappa shape index (κ1) is 15.7. The van der Waals surface area contributed by atoms with Crippen molar-refractivity contribution in [2.75, 3.05) is 6.61 Å². The van der Waals surface area contributed by atoms with Crippen LogP contribution in [0.1, 0.15) is 22.8 Å². The summed E-state index contributed by atoms with van der Waals surface area (Å²) in [6.45, 7) is 1.93. The molecule has 0 radical (unpaired) electrons. The van der Waals surface area contributed by atoms with Crippen molar-refractivity contribution in [2.24, 2.45) is 0 Å². The van der Waals surface area contributed by atoms with Crippen molar-refractivity contribution in [3.05, 3.63) is 77.5 Å². The molecule has 0 saturated carbocycles. The maximum atomic E-state index is 12.7. The van der Waals surface area contributed by atoms with Crippen LogP contribution in [0.3, 0.4) is 0 Å². The van der Waals surface area contributed by atoms with Gasteiger partial charge in [0.2, 0.25) is 0 Å². The van der Waals surface area contributed by atoms with E-state index in [0.717, 1.165) is 16.5 Å². The summed E-state index contributed by atoms with van der Waals surface area (Å²) < 4.78 is 5.07. The molecule has 0 aliphatic rings. The van der Waals surface area contributed by atoms with Crippen LogP contribution in [0.25, 0.3) is 17.0 Å². The summed E-state index contributed by atoms with van der Waals surface area (Å²) in [6, 6.07) is 16.4. The first-order valence-electron chi connectivity index (χ1n) is 7.75. The first-order valence-corrected chi connectivity index (χ1v) is 7.75. The van der Waals surface area contributed by atoms with E-state index in [1.54, 1.807) is 43.5 Å². The second kappa shape index (κ2) is 6.96. The molecular formula is C20H17NO3. The average Bonchev–Trinajstić information content (AvgIpc) is 3.03. The van der Waals surface area contributed by atoms with E-state index in [-0.39, 0.29) is 18.0 Å². The molecule has 0 aliphatic heterocycles. The molecule has 0 fully saturated rings. The molecule has 0 aliphatic carbocycles. The Morgan fingerprint density at radius 2 is 1.75 bits per heavy atom. The van der Waals surface area contributed by atoms with Gasteiger partial charge in [0.15, 0.2) is 5.78 Å². The standard InChI is InChI=1S/C20H17NO3/c1-2-24-20(23)17(19(22)14-8-4-3-5-9-14)12-15-13-21-18-11-7-6-10-16(15)18/h3-13,21H,2H2,1H3/b17-12+. The van der Waals surface area contributed by atoms with Gasteiger partial charge in [-0.1, -0.05) is 48.5 Å². The van der Waals surface area contributed by atoms with Gasteiger partial charge in [0.25, 0.3) is 0 Å². The van der Waals surface area contributed by atoms with Crippen molar-refractivity contribution in [1.29, 1.82) is 0 Å². The van der Waals surface area contributed by atoms with Gasteiger partial charge >= 0.3 is 5.97 Å². The van der Waals surface area contributed by atoms with Crippen LogP contribution in [-0.2, 0) is 9.53 Å². The minimum absolute atomic E-state index is 0.0211. The third kappa shape index (κ3) is 3.13. The van der Waals surface area contributed by atoms with Gasteiger partial charge in [-0.3, -0.25) is 4.79 Å². The van der Waals surface area contributed by atoms with Crippen molar-refractivity contribution in [1.82, 2.24) is 4.98 Å². The summed E-state index contributed by atoms with van der Waals surface area (Å²) in [4.78, 5) is 28.2. The lowest BCUT2D eigenvalue weighted by molar-refractivity contribution is -0.137. The topological polar surface area (TPSA) is 59.2 Å². The molecule has 0 unspecified atom stereocenters. The molecule has 0 saturated heterocycles. The van der Waals surface area contributed by atoms with E-state index in [2.05, 4.69) is 4.98 Å². The predicted octanol–water partition coefficient (Wildman–Crippen LogP) is 4.00. The van der Waals surface area contributed by atoms with E-state index in [4.69, 9.17) is 4.74 Å². The van der Waals surface area contributed by atoms with Crippen LogP contribution < -0.4 is 0 Å². The molecule has 3 rings (SSSR count). The summed E-state index contributed by atoms with van der Waals surface area (Å²) in [5, 5.41) is 0.945. The monoisotopic (exact) mass is 319 g/mol. The number of nitrogens with one attached hydrogen (secondary N) is 1. The minimum atomic E-state index is -0.614. The molecule has 0 spiro atoms. The average molecular weight is 319 g/mol. The van der Waals surface area contributed by atoms with E-state index >= 15 is 0 Å². The molecule has 1 aromatic heterocycles. The Labute approximate surface area is 139 Å². The molecule has 1 heterocycles. The fourth-order valence-corrected chi connectivity index (χ4v) is 2.54. The highest BCUT2D eigenvalue weighted by Crippen LogP contribution is 2.22. The van der Waals surface area contributed by atoms with Crippen molar-refractivity contribution >= 4 is 28.7 Å². The smallest absolute Gasteiger partial charge is 0.342 e. The number of benzene rings is 2. The fraction of sp³-hybridized carbons (Fsp3) is 0.100. The number of aromatic amines is 1. The lowest BCUT2D eigenvalue weighted by Gasteiger charge is -2.06. The largest absolute Gasteiger partial charge is 0.462 e. The van der Waals surface area contributed by atoms with Crippen LogP contribution in [-0.4, -0.2) is 23.3 Å². The molecule has 0 amide bonds. The molecular weight excluding hydrogens is 302 g/mol. The molecule has 2 aromatic carbocycles. The number of rotatable bonds is 5.